The van der Waals surface area contributed by atoms with Gasteiger partial charge in [-0.15, -0.1) is 11.8 Å². The van der Waals surface area contributed by atoms with Crippen LogP contribution in [-0.2, 0) is 11.3 Å². The van der Waals surface area contributed by atoms with E-state index in [1.165, 1.54) is 10.5 Å². The van der Waals surface area contributed by atoms with Crippen LogP contribution in [-0.4, -0.2) is 25.8 Å². The van der Waals surface area contributed by atoms with Gasteiger partial charge in [-0.1, -0.05) is 36.4 Å². The molecular formula is C23H25N2O2S+. The average molecular weight is 394 g/mol. The Labute approximate surface area is 170 Å². The maximum absolute atomic E-state index is 12.4. The van der Waals surface area contributed by atoms with Gasteiger partial charge in [0.1, 0.15) is 18.0 Å². The average Bonchev–Trinajstić information content (AvgIpc) is 2.69. The van der Waals surface area contributed by atoms with E-state index in [1.807, 2.05) is 61.6 Å². The highest BCUT2D eigenvalue weighted by atomic mass is 32.2. The summed E-state index contributed by atoms with van der Waals surface area (Å²) < 4.78 is 5.82. The molecule has 0 bridgehead atoms. The van der Waals surface area contributed by atoms with Crippen molar-refractivity contribution in [1.82, 2.24) is 0 Å². The molecule has 2 N–H and O–H groups in total. The van der Waals surface area contributed by atoms with Crippen LogP contribution in [0.5, 0.6) is 11.5 Å². The van der Waals surface area contributed by atoms with Crippen molar-refractivity contribution in [2.75, 3.05) is 25.2 Å². The van der Waals surface area contributed by atoms with Gasteiger partial charge in [0, 0.05) is 22.2 Å². The molecule has 3 aromatic rings. The number of anilines is 1. The van der Waals surface area contributed by atoms with Gasteiger partial charge < -0.3 is 15.0 Å². The zero-order valence-corrected chi connectivity index (χ0v) is 17.0. The molecule has 144 valence electrons. The maximum atomic E-state index is 12.4. The zero-order chi connectivity index (χ0) is 19.8. The normalized spacial score (nSPS) is 11.6. The Bertz CT molecular complexity index is 898. The molecule has 4 nitrogen and oxygen atoms in total. The van der Waals surface area contributed by atoms with E-state index in [9.17, 15) is 4.79 Å². The number of thioether (sulfide) groups is 1. The molecule has 3 rings (SSSR count). The summed E-state index contributed by atoms with van der Waals surface area (Å²) in [7, 11) is 2.02. The molecule has 0 saturated heterocycles. The molecule has 0 saturated carbocycles. The molecule has 0 spiro atoms. The number of ether oxygens (including phenoxy) is 1. The molecule has 0 fully saturated rings. The van der Waals surface area contributed by atoms with E-state index in [0.29, 0.717) is 12.3 Å². The molecule has 0 aliphatic carbocycles. The van der Waals surface area contributed by atoms with Gasteiger partial charge in [0.25, 0.3) is 5.91 Å². The summed E-state index contributed by atoms with van der Waals surface area (Å²) in [6.45, 7) is 1.20. The van der Waals surface area contributed by atoms with Crippen molar-refractivity contribution < 1.29 is 14.4 Å². The van der Waals surface area contributed by atoms with E-state index in [4.69, 9.17) is 4.74 Å². The minimum absolute atomic E-state index is 0.0184. The van der Waals surface area contributed by atoms with Crippen LogP contribution in [0.25, 0.3) is 0 Å². The molecule has 0 heterocycles. The Hall–Kier alpha value is -2.76. The van der Waals surface area contributed by atoms with Crippen molar-refractivity contribution in [3.8, 4) is 11.5 Å². The Balaban J connectivity index is 1.53. The highest BCUT2D eigenvalue weighted by Gasteiger charge is 2.11. The van der Waals surface area contributed by atoms with Crippen molar-refractivity contribution in [2.24, 2.45) is 0 Å². The van der Waals surface area contributed by atoms with Gasteiger partial charge in [0.05, 0.1) is 7.05 Å². The van der Waals surface area contributed by atoms with Crippen molar-refractivity contribution in [1.29, 1.82) is 0 Å². The van der Waals surface area contributed by atoms with Crippen LogP contribution in [0.15, 0.2) is 83.8 Å². The Morgan fingerprint density at radius 1 is 0.964 bits per heavy atom. The summed E-state index contributed by atoms with van der Waals surface area (Å²) in [5.74, 6) is 1.44. The van der Waals surface area contributed by atoms with Gasteiger partial charge in [-0.25, -0.2) is 0 Å². The largest absolute Gasteiger partial charge is 0.457 e. The predicted octanol–water partition coefficient (Wildman–Crippen LogP) is 3.85. The predicted molar refractivity (Wildman–Crippen MR) is 115 cm³/mol. The summed E-state index contributed by atoms with van der Waals surface area (Å²) >= 11 is 1.73. The second-order valence-corrected chi connectivity index (χ2v) is 7.53. The topological polar surface area (TPSA) is 42.8 Å². The summed E-state index contributed by atoms with van der Waals surface area (Å²) in [5, 5.41) is 2.96. The Morgan fingerprint density at radius 3 is 2.39 bits per heavy atom. The van der Waals surface area contributed by atoms with Gasteiger partial charge >= 0.3 is 0 Å². The molecule has 0 aromatic heterocycles. The molecule has 1 unspecified atom stereocenters. The molecule has 0 radical (unpaired) electrons. The minimum atomic E-state index is -0.0184. The first kappa shape index (κ1) is 20.0. The fraction of sp³-hybridized carbons (Fsp3) is 0.174. The van der Waals surface area contributed by atoms with Crippen LogP contribution >= 0.6 is 11.8 Å². The fourth-order valence-electron chi connectivity index (χ4n) is 2.90. The monoisotopic (exact) mass is 393 g/mol. The van der Waals surface area contributed by atoms with E-state index in [1.54, 1.807) is 11.8 Å². The second-order valence-electron chi connectivity index (χ2n) is 6.65. The van der Waals surface area contributed by atoms with Crippen molar-refractivity contribution >= 4 is 23.4 Å². The number of benzene rings is 3. The summed E-state index contributed by atoms with van der Waals surface area (Å²) in [6.07, 6.45) is 2.07. The zero-order valence-electron chi connectivity index (χ0n) is 16.1. The van der Waals surface area contributed by atoms with Crippen LogP contribution in [0.3, 0.4) is 0 Å². The summed E-state index contributed by atoms with van der Waals surface area (Å²) in [6, 6.07) is 25.5. The number of hydrogen-bond donors (Lipinski definition) is 2. The van der Waals surface area contributed by atoms with Crippen LogP contribution in [0.4, 0.5) is 5.69 Å². The Morgan fingerprint density at radius 2 is 1.68 bits per heavy atom. The lowest BCUT2D eigenvalue weighted by Crippen LogP contribution is -3.08. The fourth-order valence-corrected chi connectivity index (χ4v) is 3.30. The van der Waals surface area contributed by atoms with Crippen LogP contribution in [0.1, 0.15) is 5.56 Å². The highest BCUT2D eigenvalue weighted by molar-refractivity contribution is 7.98. The third kappa shape index (κ3) is 6.15. The molecule has 5 heteroatoms. The third-order valence-electron chi connectivity index (χ3n) is 4.22. The second kappa shape index (κ2) is 9.97. The van der Waals surface area contributed by atoms with E-state index < -0.39 is 0 Å². The van der Waals surface area contributed by atoms with Gasteiger partial charge in [-0.3, -0.25) is 4.79 Å². The first-order valence-electron chi connectivity index (χ1n) is 9.19. The lowest BCUT2D eigenvalue weighted by atomic mass is 10.2. The van der Waals surface area contributed by atoms with E-state index in [2.05, 4.69) is 35.8 Å². The van der Waals surface area contributed by atoms with Crippen molar-refractivity contribution in [3.05, 3.63) is 84.4 Å². The third-order valence-corrected chi connectivity index (χ3v) is 4.97. The molecule has 0 aliphatic heterocycles. The number of carbonyl (C=O) groups excluding carboxylic acids is 1. The quantitative estimate of drug-likeness (QED) is 0.571. The molecule has 0 aliphatic rings. The first-order chi connectivity index (χ1) is 13.6. The lowest BCUT2D eigenvalue weighted by molar-refractivity contribution is -0.885. The number of rotatable bonds is 8. The molecule has 28 heavy (non-hydrogen) atoms. The molecule has 3 aromatic carbocycles. The number of hydrogen-bond acceptors (Lipinski definition) is 3. The minimum Gasteiger partial charge on any atom is -0.457 e. The maximum Gasteiger partial charge on any atom is 0.279 e. The lowest BCUT2D eigenvalue weighted by Gasteiger charge is -2.14. The number of carbonyl (C=O) groups is 1. The first-order valence-corrected chi connectivity index (χ1v) is 10.4. The van der Waals surface area contributed by atoms with Gasteiger partial charge in [0.2, 0.25) is 0 Å². The SMILES string of the molecule is CSc1ccc(C[NH+](C)CC(=O)Nc2cccc(Oc3ccccc3)c2)cc1. The number of quaternary nitrogens is 1. The summed E-state index contributed by atoms with van der Waals surface area (Å²) in [4.78, 5) is 14.8. The molecular weight excluding hydrogens is 368 g/mol. The van der Waals surface area contributed by atoms with Crippen molar-refractivity contribution in [3.63, 3.8) is 0 Å². The standard InChI is InChI=1S/C23H24N2O2S/c1-25(16-18-11-13-22(28-2)14-12-18)17-23(26)24-19-7-6-10-21(15-19)27-20-8-4-3-5-9-20/h3-15H,16-17H2,1-2H3,(H,24,26)/p+1. The van der Waals surface area contributed by atoms with Crippen LogP contribution in [0, 0.1) is 0 Å². The number of para-hydroxylation sites is 1. The smallest absolute Gasteiger partial charge is 0.279 e. The van der Waals surface area contributed by atoms with Gasteiger partial charge in [-0.05, 0) is 42.7 Å². The van der Waals surface area contributed by atoms with Crippen LogP contribution < -0.4 is 15.0 Å². The van der Waals surface area contributed by atoms with Crippen LogP contribution in [0.2, 0.25) is 0 Å². The van der Waals surface area contributed by atoms with E-state index in [0.717, 1.165) is 22.9 Å². The van der Waals surface area contributed by atoms with E-state index >= 15 is 0 Å². The molecule has 1 atom stereocenters. The number of nitrogens with one attached hydrogen (secondary N) is 2. The molecule has 1 amide bonds. The van der Waals surface area contributed by atoms with Gasteiger partial charge in [0.15, 0.2) is 6.54 Å². The van der Waals surface area contributed by atoms with Gasteiger partial charge in [-0.2, -0.15) is 0 Å². The Kier molecular flexibility index (Phi) is 7.12. The summed E-state index contributed by atoms with van der Waals surface area (Å²) in [5.41, 5.74) is 1.96. The van der Waals surface area contributed by atoms with E-state index in [-0.39, 0.29) is 5.91 Å². The number of amides is 1. The highest BCUT2D eigenvalue weighted by Crippen LogP contribution is 2.23. The number of likely N-dealkylation sites (N-methyl/N-ethyl adjacent to an activating group) is 1. The van der Waals surface area contributed by atoms with Crippen molar-refractivity contribution in [2.45, 2.75) is 11.4 Å².